The molecule has 0 bridgehead atoms. The molecule has 0 atom stereocenters. The van der Waals surface area contributed by atoms with Gasteiger partial charge in [-0.25, -0.2) is 9.97 Å². The van der Waals surface area contributed by atoms with Crippen molar-refractivity contribution in [3.8, 4) is 0 Å². The van der Waals surface area contributed by atoms with E-state index in [0.717, 1.165) is 55.7 Å². The minimum absolute atomic E-state index is 0.0279. The largest absolute Gasteiger partial charge is 0.369 e. The molecule has 0 aromatic carbocycles. The number of rotatable bonds is 4. The number of amides is 1. The van der Waals surface area contributed by atoms with Crippen molar-refractivity contribution in [3.05, 3.63) is 16.5 Å². The highest BCUT2D eigenvalue weighted by Crippen LogP contribution is 2.39. The van der Waals surface area contributed by atoms with Gasteiger partial charge in [-0.3, -0.25) is 4.79 Å². The molecular formula is C15H21ClN4O. The molecule has 0 saturated heterocycles. The van der Waals surface area contributed by atoms with Crippen LogP contribution in [0.5, 0.6) is 0 Å². The summed E-state index contributed by atoms with van der Waals surface area (Å²) in [6.07, 6.45) is 5.88. The van der Waals surface area contributed by atoms with E-state index in [9.17, 15) is 4.79 Å². The highest BCUT2D eigenvalue weighted by atomic mass is 35.5. The summed E-state index contributed by atoms with van der Waals surface area (Å²) >= 11 is 6.22. The topological polar surface area (TPSA) is 80.9 Å². The fraction of sp³-hybridized carbons (Fsp3) is 0.667. The fourth-order valence-corrected chi connectivity index (χ4v) is 3.06. The number of nitrogens with two attached hydrogens (primary N) is 1. The Bertz CT molecular complexity index is 551. The van der Waals surface area contributed by atoms with Gasteiger partial charge in [0.25, 0.3) is 0 Å². The molecule has 0 aliphatic heterocycles. The van der Waals surface area contributed by atoms with Gasteiger partial charge in [-0.15, -0.1) is 0 Å². The van der Waals surface area contributed by atoms with E-state index in [1.165, 1.54) is 0 Å². The predicted octanol–water partition coefficient (Wildman–Crippen LogP) is 2.77. The molecule has 6 heteroatoms. The number of hydrogen-bond donors (Lipinski definition) is 2. The van der Waals surface area contributed by atoms with Crippen LogP contribution in [0.4, 0.5) is 5.82 Å². The van der Waals surface area contributed by atoms with Crippen molar-refractivity contribution in [2.45, 2.75) is 57.4 Å². The van der Waals surface area contributed by atoms with Crippen LogP contribution in [0.1, 0.15) is 55.8 Å². The molecule has 1 aromatic rings. The molecule has 1 heterocycles. The zero-order chi connectivity index (χ0) is 15.0. The molecule has 3 N–H and O–H groups in total. The minimum atomic E-state index is -0.175. The molecule has 2 aliphatic rings. The first kappa shape index (κ1) is 14.6. The van der Waals surface area contributed by atoms with Gasteiger partial charge in [-0.2, -0.15) is 0 Å². The Morgan fingerprint density at radius 1 is 1.19 bits per heavy atom. The van der Waals surface area contributed by atoms with Crippen molar-refractivity contribution in [1.29, 1.82) is 0 Å². The van der Waals surface area contributed by atoms with Crippen molar-refractivity contribution < 1.29 is 4.79 Å². The summed E-state index contributed by atoms with van der Waals surface area (Å²) in [6, 6.07) is 0.331. The average molecular weight is 309 g/mol. The van der Waals surface area contributed by atoms with E-state index < -0.39 is 0 Å². The maximum atomic E-state index is 11.2. The lowest BCUT2D eigenvalue weighted by Crippen LogP contribution is -2.32. The van der Waals surface area contributed by atoms with Gasteiger partial charge in [-0.1, -0.05) is 11.6 Å². The van der Waals surface area contributed by atoms with Gasteiger partial charge >= 0.3 is 0 Å². The van der Waals surface area contributed by atoms with Crippen LogP contribution in [0.3, 0.4) is 0 Å². The number of aromatic nitrogens is 2. The maximum absolute atomic E-state index is 11.2. The fourth-order valence-electron chi connectivity index (χ4n) is 2.89. The SMILES string of the molecule is Cc1c(Cl)nc(C2CC2)nc1NC1CCC(C(N)=O)CC1. The van der Waals surface area contributed by atoms with Crippen LogP contribution in [0.2, 0.25) is 5.15 Å². The number of carbonyl (C=O) groups excluding carboxylic acids is 1. The molecule has 2 fully saturated rings. The summed E-state index contributed by atoms with van der Waals surface area (Å²) in [6.45, 7) is 1.94. The Morgan fingerprint density at radius 2 is 1.86 bits per heavy atom. The van der Waals surface area contributed by atoms with Crippen molar-refractivity contribution in [1.82, 2.24) is 9.97 Å². The molecular weight excluding hydrogens is 288 g/mol. The zero-order valence-electron chi connectivity index (χ0n) is 12.2. The van der Waals surface area contributed by atoms with Crippen LogP contribution in [-0.4, -0.2) is 21.9 Å². The Hall–Kier alpha value is -1.36. The van der Waals surface area contributed by atoms with Crippen LogP contribution < -0.4 is 11.1 Å². The molecule has 0 unspecified atom stereocenters. The second kappa shape index (κ2) is 5.79. The van der Waals surface area contributed by atoms with Crippen LogP contribution in [-0.2, 0) is 4.79 Å². The molecule has 0 radical (unpaired) electrons. The number of anilines is 1. The molecule has 3 rings (SSSR count). The van der Waals surface area contributed by atoms with Crippen LogP contribution in [0, 0.1) is 12.8 Å². The molecule has 1 amide bonds. The van der Waals surface area contributed by atoms with Gasteiger partial charge in [0.1, 0.15) is 16.8 Å². The van der Waals surface area contributed by atoms with Crippen LogP contribution in [0.15, 0.2) is 0 Å². The highest BCUT2D eigenvalue weighted by molar-refractivity contribution is 6.30. The second-order valence-corrected chi connectivity index (χ2v) is 6.57. The first-order chi connectivity index (χ1) is 10.0. The molecule has 2 aliphatic carbocycles. The zero-order valence-corrected chi connectivity index (χ0v) is 13.0. The lowest BCUT2D eigenvalue weighted by Gasteiger charge is -2.28. The van der Waals surface area contributed by atoms with Crippen LogP contribution in [0.25, 0.3) is 0 Å². The molecule has 5 nitrogen and oxygen atoms in total. The van der Waals surface area contributed by atoms with E-state index in [1.54, 1.807) is 0 Å². The summed E-state index contributed by atoms with van der Waals surface area (Å²) in [5, 5.41) is 4.03. The smallest absolute Gasteiger partial charge is 0.220 e. The van der Waals surface area contributed by atoms with Gasteiger partial charge in [0.05, 0.1) is 0 Å². The third-order valence-corrected chi connectivity index (χ3v) is 4.88. The normalized spacial score (nSPS) is 25.6. The Kier molecular flexibility index (Phi) is 4.02. The number of halogens is 1. The first-order valence-electron chi connectivity index (χ1n) is 7.64. The van der Waals surface area contributed by atoms with Crippen molar-refractivity contribution in [2.75, 3.05) is 5.32 Å². The van der Waals surface area contributed by atoms with E-state index in [4.69, 9.17) is 17.3 Å². The van der Waals surface area contributed by atoms with Gasteiger partial charge < -0.3 is 11.1 Å². The Balaban J connectivity index is 1.69. The maximum Gasteiger partial charge on any atom is 0.220 e. The lowest BCUT2D eigenvalue weighted by atomic mass is 9.85. The van der Waals surface area contributed by atoms with Gasteiger partial charge in [0, 0.05) is 23.4 Å². The third-order valence-electron chi connectivity index (χ3n) is 4.52. The lowest BCUT2D eigenvalue weighted by molar-refractivity contribution is -0.122. The van der Waals surface area contributed by atoms with E-state index in [2.05, 4.69) is 15.3 Å². The van der Waals surface area contributed by atoms with E-state index in [-0.39, 0.29) is 11.8 Å². The summed E-state index contributed by atoms with van der Waals surface area (Å²) < 4.78 is 0. The van der Waals surface area contributed by atoms with Gasteiger partial charge in [-0.05, 0) is 45.4 Å². The summed E-state index contributed by atoms with van der Waals surface area (Å²) in [7, 11) is 0. The predicted molar refractivity (Wildman–Crippen MR) is 82.3 cm³/mol. The Labute approximate surface area is 129 Å². The monoisotopic (exact) mass is 308 g/mol. The number of hydrogen-bond acceptors (Lipinski definition) is 4. The molecule has 2 saturated carbocycles. The standard InChI is InChI=1S/C15H21ClN4O/c1-8-12(16)19-15(10-2-3-10)20-14(8)18-11-6-4-9(5-7-11)13(17)21/h9-11H,2-7H2,1H3,(H2,17,21)(H,18,19,20). The van der Waals surface area contributed by atoms with Gasteiger partial charge in [0.15, 0.2) is 0 Å². The van der Waals surface area contributed by atoms with Crippen molar-refractivity contribution in [3.63, 3.8) is 0 Å². The number of carbonyl (C=O) groups is 1. The van der Waals surface area contributed by atoms with Crippen LogP contribution >= 0.6 is 11.6 Å². The third kappa shape index (κ3) is 3.28. The number of nitrogens with one attached hydrogen (secondary N) is 1. The summed E-state index contributed by atoms with van der Waals surface area (Å²) in [5.74, 6) is 2.04. The number of primary amides is 1. The molecule has 1 aromatic heterocycles. The van der Waals surface area contributed by atoms with E-state index in [0.29, 0.717) is 17.1 Å². The number of nitrogens with zero attached hydrogens (tertiary/aromatic N) is 2. The molecule has 21 heavy (non-hydrogen) atoms. The van der Waals surface area contributed by atoms with E-state index in [1.807, 2.05) is 6.92 Å². The van der Waals surface area contributed by atoms with Crippen molar-refractivity contribution >= 4 is 23.3 Å². The summed E-state index contributed by atoms with van der Waals surface area (Å²) in [5.41, 5.74) is 6.27. The van der Waals surface area contributed by atoms with Crippen molar-refractivity contribution in [2.24, 2.45) is 11.7 Å². The highest BCUT2D eigenvalue weighted by Gasteiger charge is 2.29. The van der Waals surface area contributed by atoms with E-state index >= 15 is 0 Å². The average Bonchev–Trinajstić information content (AvgIpc) is 3.29. The minimum Gasteiger partial charge on any atom is -0.369 e. The van der Waals surface area contributed by atoms with Gasteiger partial charge in [0.2, 0.25) is 5.91 Å². The first-order valence-corrected chi connectivity index (χ1v) is 8.02. The molecule has 114 valence electrons. The Morgan fingerprint density at radius 3 is 2.43 bits per heavy atom. The second-order valence-electron chi connectivity index (χ2n) is 6.22. The quantitative estimate of drug-likeness (QED) is 0.838. The molecule has 0 spiro atoms. The summed E-state index contributed by atoms with van der Waals surface area (Å²) in [4.78, 5) is 20.2.